The fourth-order valence-electron chi connectivity index (χ4n) is 4.04. The van der Waals surface area contributed by atoms with Crippen LogP contribution in [-0.2, 0) is 0 Å². The minimum absolute atomic E-state index is 0.169. The van der Waals surface area contributed by atoms with Crippen molar-refractivity contribution in [3.05, 3.63) is 0 Å². The first-order valence-electron chi connectivity index (χ1n) is 6.78. The number of nitrogens with two attached hydrogens (primary N) is 1. The molecule has 0 aromatic carbocycles. The second-order valence-corrected chi connectivity index (χ2v) is 6.19. The van der Waals surface area contributed by atoms with E-state index in [0.29, 0.717) is 0 Å². The number of rotatable bonds is 2. The van der Waals surface area contributed by atoms with Crippen LogP contribution >= 0.6 is 0 Å². The monoisotopic (exact) mass is 208 g/mol. The first kappa shape index (κ1) is 10.1. The number of hydrogen-bond donors (Lipinski definition) is 1. The van der Waals surface area contributed by atoms with E-state index >= 15 is 0 Å². The van der Waals surface area contributed by atoms with Crippen LogP contribution in [0.2, 0.25) is 0 Å². The summed E-state index contributed by atoms with van der Waals surface area (Å²) in [6, 6.07) is 0.900. The number of nitrogens with zero attached hydrogens (tertiary/aromatic N) is 1. The van der Waals surface area contributed by atoms with Gasteiger partial charge in [0.25, 0.3) is 0 Å². The van der Waals surface area contributed by atoms with Gasteiger partial charge in [0.15, 0.2) is 0 Å². The van der Waals surface area contributed by atoms with Crippen LogP contribution in [-0.4, -0.2) is 29.6 Å². The van der Waals surface area contributed by atoms with E-state index in [1.54, 1.807) is 0 Å². The van der Waals surface area contributed by atoms with Gasteiger partial charge in [0, 0.05) is 24.7 Å². The van der Waals surface area contributed by atoms with Gasteiger partial charge in [-0.1, -0.05) is 19.3 Å². The highest BCUT2D eigenvalue weighted by molar-refractivity contribution is 4.98. The molecule has 0 aromatic heterocycles. The first-order valence-corrected chi connectivity index (χ1v) is 6.78. The van der Waals surface area contributed by atoms with Crippen LogP contribution in [0.25, 0.3) is 0 Å². The maximum atomic E-state index is 6.53. The van der Waals surface area contributed by atoms with Gasteiger partial charge < -0.3 is 5.73 Å². The molecule has 2 unspecified atom stereocenters. The molecule has 2 saturated carbocycles. The Morgan fingerprint density at radius 3 is 2.53 bits per heavy atom. The fraction of sp³-hybridized carbons (Fsp3) is 1.00. The molecular formula is C13H24N2. The molecule has 3 fully saturated rings. The standard InChI is InChI=1S/C13H24N2/c14-13(6-2-1-3-7-13)10-15-9-11-4-5-12(15)8-11/h11-12H,1-10,14H2. The zero-order chi connectivity index (χ0) is 10.3. The maximum absolute atomic E-state index is 6.53. The molecule has 2 N–H and O–H groups in total. The second kappa shape index (κ2) is 3.74. The summed E-state index contributed by atoms with van der Waals surface area (Å²) in [6.45, 7) is 2.54. The van der Waals surface area contributed by atoms with Crippen LogP contribution in [0.3, 0.4) is 0 Å². The minimum atomic E-state index is 0.169. The minimum Gasteiger partial charge on any atom is -0.324 e. The van der Waals surface area contributed by atoms with Crippen LogP contribution in [0.4, 0.5) is 0 Å². The van der Waals surface area contributed by atoms with Gasteiger partial charge in [0.05, 0.1) is 0 Å². The molecule has 2 atom stereocenters. The molecule has 0 amide bonds. The van der Waals surface area contributed by atoms with Crippen molar-refractivity contribution in [2.45, 2.75) is 62.9 Å². The molecule has 2 nitrogen and oxygen atoms in total. The Morgan fingerprint density at radius 1 is 1.13 bits per heavy atom. The molecule has 0 spiro atoms. The van der Waals surface area contributed by atoms with Crippen molar-refractivity contribution in [2.75, 3.05) is 13.1 Å². The Balaban J connectivity index is 1.60. The summed E-state index contributed by atoms with van der Waals surface area (Å²) >= 11 is 0. The first-order chi connectivity index (χ1) is 7.25. The molecule has 2 heteroatoms. The lowest BCUT2D eigenvalue weighted by Crippen LogP contribution is -2.53. The van der Waals surface area contributed by atoms with Crippen LogP contribution in [0.15, 0.2) is 0 Å². The molecule has 3 aliphatic rings. The third-order valence-corrected chi connectivity index (χ3v) is 4.89. The third kappa shape index (κ3) is 1.94. The summed E-state index contributed by atoms with van der Waals surface area (Å²) in [5, 5.41) is 0. The van der Waals surface area contributed by atoms with E-state index in [-0.39, 0.29) is 5.54 Å². The van der Waals surface area contributed by atoms with Crippen LogP contribution in [0.5, 0.6) is 0 Å². The summed E-state index contributed by atoms with van der Waals surface area (Å²) in [5.41, 5.74) is 6.70. The Labute approximate surface area is 93.2 Å². The summed E-state index contributed by atoms with van der Waals surface area (Å²) in [7, 11) is 0. The van der Waals surface area contributed by atoms with Gasteiger partial charge in [0.2, 0.25) is 0 Å². The highest BCUT2D eigenvalue weighted by atomic mass is 15.2. The summed E-state index contributed by atoms with van der Waals surface area (Å²) in [6.07, 6.45) is 11.1. The molecule has 1 aliphatic heterocycles. The molecule has 0 radical (unpaired) electrons. The van der Waals surface area contributed by atoms with Crippen molar-refractivity contribution in [3.8, 4) is 0 Å². The predicted molar refractivity (Wildman–Crippen MR) is 62.7 cm³/mol. The lowest BCUT2D eigenvalue weighted by molar-refractivity contribution is 0.141. The Kier molecular flexibility index (Phi) is 2.52. The van der Waals surface area contributed by atoms with Crippen LogP contribution in [0.1, 0.15) is 51.4 Å². The average Bonchev–Trinajstić information content (AvgIpc) is 2.79. The Hall–Kier alpha value is -0.0800. The van der Waals surface area contributed by atoms with Gasteiger partial charge in [-0.15, -0.1) is 0 Å². The van der Waals surface area contributed by atoms with Crippen molar-refractivity contribution >= 4 is 0 Å². The molecule has 2 bridgehead atoms. The molecule has 3 rings (SSSR count). The highest BCUT2D eigenvalue weighted by Gasteiger charge is 2.41. The largest absolute Gasteiger partial charge is 0.324 e. The van der Waals surface area contributed by atoms with E-state index < -0.39 is 0 Å². The van der Waals surface area contributed by atoms with E-state index in [4.69, 9.17) is 5.73 Å². The molecule has 1 heterocycles. The van der Waals surface area contributed by atoms with Gasteiger partial charge in [-0.25, -0.2) is 0 Å². The SMILES string of the molecule is NC1(CN2CC3CCC2C3)CCCCC1. The molecule has 2 aliphatic carbocycles. The van der Waals surface area contributed by atoms with Crippen molar-refractivity contribution < 1.29 is 0 Å². The van der Waals surface area contributed by atoms with Crippen molar-refractivity contribution in [2.24, 2.45) is 11.7 Å². The van der Waals surface area contributed by atoms with Crippen LogP contribution in [0, 0.1) is 5.92 Å². The van der Waals surface area contributed by atoms with E-state index in [1.165, 1.54) is 64.5 Å². The molecular weight excluding hydrogens is 184 g/mol. The number of piperidine rings is 1. The van der Waals surface area contributed by atoms with Gasteiger partial charge in [0.1, 0.15) is 0 Å². The van der Waals surface area contributed by atoms with E-state index in [1.807, 2.05) is 0 Å². The third-order valence-electron chi connectivity index (χ3n) is 4.89. The quantitative estimate of drug-likeness (QED) is 0.753. The normalized spacial score (nSPS) is 39.8. The number of likely N-dealkylation sites (tertiary alicyclic amines) is 1. The van der Waals surface area contributed by atoms with Crippen LogP contribution < -0.4 is 5.73 Å². The predicted octanol–water partition coefficient (Wildman–Crippen LogP) is 2.13. The lowest BCUT2D eigenvalue weighted by Gasteiger charge is -2.39. The molecule has 0 aromatic rings. The topological polar surface area (TPSA) is 29.3 Å². The molecule has 15 heavy (non-hydrogen) atoms. The average molecular weight is 208 g/mol. The van der Waals surface area contributed by atoms with Gasteiger partial charge in [-0.3, -0.25) is 4.90 Å². The van der Waals surface area contributed by atoms with E-state index in [2.05, 4.69) is 4.90 Å². The van der Waals surface area contributed by atoms with Gasteiger partial charge in [-0.2, -0.15) is 0 Å². The van der Waals surface area contributed by atoms with Gasteiger partial charge >= 0.3 is 0 Å². The number of fused-ring (bicyclic) bond motifs is 2. The number of hydrogen-bond acceptors (Lipinski definition) is 2. The summed E-state index contributed by atoms with van der Waals surface area (Å²) in [4.78, 5) is 2.71. The Bertz CT molecular complexity index is 233. The zero-order valence-electron chi connectivity index (χ0n) is 9.75. The molecule has 86 valence electrons. The van der Waals surface area contributed by atoms with Crippen molar-refractivity contribution in [3.63, 3.8) is 0 Å². The summed E-state index contributed by atoms with van der Waals surface area (Å²) in [5.74, 6) is 1.02. The van der Waals surface area contributed by atoms with Crippen molar-refractivity contribution in [1.82, 2.24) is 4.90 Å². The van der Waals surface area contributed by atoms with Crippen molar-refractivity contribution in [1.29, 1.82) is 0 Å². The van der Waals surface area contributed by atoms with E-state index in [0.717, 1.165) is 12.0 Å². The zero-order valence-corrected chi connectivity index (χ0v) is 9.75. The highest BCUT2D eigenvalue weighted by Crippen LogP contribution is 2.39. The second-order valence-electron chi connectivity index (χ2n) is 6.19. The smallest absolute Gasteiger partial charge is 0.0283 e. The van der Waals surface area contributed by atoms with Gasteiger partial charge in [-0.05, 0) is 38.0 Å². The lowest BCUT2D eigenvalue weighted by atomic mass is 9.82. The van der Waals surface area contributed by atoms with E-state index in [9.17, 15) is 0 Å². The maximum Gasteiger partial charge on any atom is 0.0283 e. The Morgan fingerprint density at radius 2 is 1.93 bits per heavy atom. The summed E-state index contributed by atoms with van der Waals surface area (Å²) < 4.78 is 0. The fourth-order valence-corrected chi connectivity index (χ4v) is 4.04. The molecule has 1 saturated heterocycles.